The number of nitrogens with zero attached hydrogens (tertiary/aromatic N) is 2. The molecule has 0 fully saturated rings. The van der Waals surface area contributed by atoms with E-state index in [1.165, 1.54) is 76.5 Å². The summed E-state index contributed by atoms with van der Waals surface area (Å²) >= 11 is 0. The molecule has 0 spiro atoms. The third-order valence-corrected chi connectivity index (χ3v) is 10.8. The lowest BCUT2D eigenvalue weighted by Crippen LogP contribution is -1.96. The van der Waals surface area contributed by atoms with E-state index in [2.05, 4.69) is 164 Å². The Balaban J connectivity index is 1.06. The van der Waals surface area contributed by atoms with Crippen molar-refractivity contribution in [3.63, 3.8) is 0 Å². The lowest BCUT2D eigenvalue weighted by atomic mass is 9.89. The van der Waals surface area contributed by atoms with Gasteiger partial charge in [0.15, 0.2) is 5.82 Å². The number of benzene rings is 9. The molecule has 0 atom stereocenters. The third kappa shape index (κ3) is 4.44. The quantitative estimate of drug-likeness (QED) is 0.139. The highest BCUT2D eigenvalue weighted by Crippen LogP contribution is 2.48. The van der Waals surface area contributed by atoms with Gasteiger partial charge in [0.05, 0.1) is 11.4 Å². The van der Waals surface area contributed by atoms with E-state index in [4.69, 9.17) is 9.97 Å². The van der Waals surface area contributed by atoms with Crippen molar-refractivity contribution in [2.75, 3.05) is 0 Å². The van der Waals surface area contributed by atoms with Crippen LogP contribution in [0.25, 0.3) is 110 Å². The summed E-state index contributed by atoms with van der Waals surface area (Å²) in [5.41, 5.74) is 12.5. The molecule has 0 aliphatic heterocycles. The maximum Gasteiger partial charge on any atom is 0.160 e. The summed E-state index contributed by atoms with van der Waals surface area (Å²) in [5.74, 6) is 0.718. The number of fused-ring (bicyclic) bond motifs is 7. The van der Waals surface area contributed by atoms with Crippen LogP contribution in [-0.2, 0) is 0 Å². The SMILES string of the molecule is c1ccc(-c2nc(-c3ccc(-c4c5ccccc5cc5c4ccc4ccccc45)cc3)cc(-c3ccc4c(c3)-c3cccc5cccc-4c35)n2)cc1. The molecule has 0 unspecified atom stereocenters. The van der Waals surface area contributed by atoms with Crippen molar-refractivity contribution >= 4 is 43.1 Å². The third-order valence-electron chi connectivity index (χ3n) is 10.8. The van der Waals surface area contributed by atoms with Gasteiger partial charge in [-0.05, 0) is 94.7 Å². The Morgan fingerprint density at radius 3 is 1.73 bits per heavy atom. The highest BCUT2D eigenvalue weighted by Gasteiger charge is 2.22. The summed E-state index contributed by atoms with van der Waals surface area (Å²) in [5, 5.41) is 10.2. The Kier molecular flexibility index (Phi) is 6.28. The first kappa shape index (κ1) is 28.9. The summed E-state index contributed by atoms with van der Waals surface area (Å²) in [4.78, 5) is 10.3. The monoisotopic (exact) mass is 658 g/mol. The Morgan fingerprint density at radius 1 is 0.288 bits per heavy atom. The zero-order valence-corrected chi connectivity index (χ0v) is 28.2. The summed E-state index contributed by atoms with van der Waals surface area (Å²) in [7, 11) is 0. The van der Waals surface area contributed by atoms with Crippen LogP contribution in [0.2, 0.25) is 0 Å². The van der Waals surface area contributed by atoms with Crippen LogP contribution in [0.15, 0.2) is 182 Å². The first-order valence-corrected chi connectivity index (χ1v) is 17.8. The first-order valence-electron chi connectivity index (χ1n) is 17.8. The second-order valence-electron chi connectivity index (χ2n) is 13.7. The predicted molar refractivity (Wildman–Crippen MR) is 218 cm³/mol. The maximum absolute atomic E-state index is 5.17. The van der Waals surface area contributed by atoms with Gasteiger partial charge in [-0.2, -0.15) is 0 Å². The van der Waals surface area contributed by atoms with Gasteiger partial charge in [0.2, 0.25) is 0 Å². The zero-order chi connectivity index (χ0) is 34.2. The van der Waals surface area contributed by atoms with Crippen molar-refractivity contribution in [3.8, 4) is 67.3 Å². The van der Waals surface area contributed by atoms with Crippen molar-refractivity contribution < 1.29 is 0 Å². The van der Waals surface area contributed by atoms with Gasteiger partial charge in [-0.25, -0.2) is 9.97 Å². The van der Waals surface area contributed by atoms with E-state index in [-0.39, 0.29) is 0 Å². The predicted octanol–water partition coefficient (Wildman–Crippen LogP) is 13.4. The van der Waals surface area contributed by atoms with Crippen LogP contribution < -0.4 is 0 Å². The molecular formula is C50H30N2. The zero-order valence-electron chi connectivity index (χ0n) is 28.2. The lowest BCUT2D eigenvalue weighted by molar-refractivity contribution is 1.18. The van der Waals surface area contributed by atoms with Crippen LogP contribution in [0, 0.1) is 0 Å². The smallest absolute Gasteiger partial charge is 0.160 e. The molecule has 1 aromatic heterocycles. The fraction of sp³-hybridized carbons (Fsp3) is 0. The van der Waals surface area contributed by atoms with Crippen LogP contribution in [0.5, 0.6) is 0 Å². The first-order chi connectivity index (χ1) is 25.8. The van der Waals surface area contributed by atoms with Crippen LogP contribution >= 0.6 is 0 Å². The molecule has 11 rings (SSSR count). The topological polar surface area (TPSA) is 25.8 Å². The van der Waals surface area contributed by atoms with Crippen molar-refractivity contribution in [3.05, 3.63) is 182 Å². The fourth-order valence-corrected chi connectivity index (χ4v) is 8.35. The van der Waals surface area contributed by atoms with Gasteiger partial charge in [0.25, 0.3) is 0 Å². The van der Waals surface area contributed by atoms with Crippen LogP contribution in [0.4, 0.5) is 0 Å². The van der Waals surface area contributed by atoms with Gasteiger partial charge < -0.3 is 0 Å². The average molecular weight is 659 g/mol. The summed E-state index contributed by atoms with van der Waals surface area (Å²) < 4.78 is 0. The van der Waals surface area contributed by atoms with E-state index in [0.29, 0.717) is 0 Å². The molecule has 1 aliphatic carbocycles. The Hall–Kier alpha value is -6.90. The minimum atomic E-state index is 0.718. The maximum atomic E-state index is 5.17. The van der Waals surface area contributed by atoms with E-state index in [0.717, 1.165) is 33.9 Å². The van der Waals surface area contributed by atoms with Gasteiger partial charge >= 0.3 is 0 Å². The number of hydrogen-bond donors (Lipinski definition) is 0. The van der Waals surface area contributed by atoms with Gasteiger partial charge in [0, 0.05) is 16.7 Å². The molecule has 1 aliphatic rings. The minimum Gasteiger partial charge on any atom is -0.228 e. The average Bonchev–Trinajstić information content (AvgIpc) is 3.54. The van der Waals surface area contributed by atoms with E-state index >= 15 is 0 Å². The van der Waals surface area contributed by atoms with Crippen molar-refractivity contribution in [2.24, 2.45) is 0 Å². The molecule has 52 heavy (non-hydrogen) atoms. The number of hydrogen-bond acceptors (Lipinski definition) is 2. The Labute approximate surface area is 301 Å². The van der Waals surface area contributed by atoms with Crippen LogP contribution in [0.3, 0.4) is 0 Å². The molecule has 0 saturated heterocycles. The highest BCUT2D eigenvalue weighted by atomic mass is 14.9. The van der Waals surface area contributed by atoms with Crippen LogP contribution in [-0.4, -0.2) is 9.97 Å². The van der Waals surface area contributed by atoms with E-state index in [9.17, 15) is 0 Å². The van der Waals surface area contributed by atoms with E-state index < -0.39 is 0 Å². The van der Waals surface area contributed by atoms with Gasteiger partial charge in [-0.1, -0.05) is 164 Å². The molecule has 0 amide bonds. The molecule has 0 radical (unpaired) electrons. The second kappa shape index (κ2) is 11.3. The molecular weight excluding hydrogens is 629 g/mol. The van der Waals surface area contributed by atoms with Crippen molar-refractivity contribution in [2.45, 2.75) is 0 Å². The molecule has 240 valence electrons. The molecule has 1 heterocycles. The molecule has 10 aromatic rings. The summed E-state index contributed by atoms with van der Waals surface area (Å²) in [6.45, 7) is 0. The van der Waals surface area contributed by atoms with E-state index in [1.807, 2.05) is 18.2 Å². The molecule has 2 nitrogen and oxygen atoms in total. The normalized spacial score (nSPS) is 11.8. The second-order valence-corrected chi connectivity index (χ2v) is 13.7. The van der Waals surface area contributed by atoms with Gasteiger partial charge in [-0.15, -0.1) is 0 Å². The highest BCUT2D eigenvalue weighted by molar-refractivity contribution is 6.20. The van der Waals surface area contributed by atoms with Crippen molar-refractivity contribution in [1.82, 2.24) is 9.97 Å². The molecule has 9 aromatic carbocycles. The Morgan fingerprint density at radius 2 is 0.923 bits per heavy atom. The molecule has 2 heteroatoms. The van der Waals surface area contributed by atoms with Gasteiger partial charge in [0.1, 0.15) is 0 Å². The van der Waals surface area contributed by atoms with E-state index in [1.54, 1.807) is 0 Å². The standard InChI is InChI=1S/C50H30N2/c1-2-11-35(12-3-1)50-51-46(30-47(52-50)37-25-26-40-41-18-8-14-33-15-9-19-42(49(33)41)45(40)29-37)32-20-22-34(23-21-32)48-39-17-7-5-13-36(39)28-44-38-16-6-4-10-31(38)24-27-43(44)48/h1-30H. The van der Waals surface area contributed by atoms with Crippen LogP contribution in [0.1, 0.15) is 0 Å². The number of aromatic nitrogens is 2. The minimum absolute atomic E-state index is 0.718. The van der Waals surface area contributed by atoms with Gasteiger partial charge in [-0.3, -0.25) is 0 Å². The molecule has 0 N–H and O–H groups in total. The molecule has 0 bridgehead atoms. The fourth-order valence-electron chi connectivity index (χ4n) is 8.35. The lowest BCUT2D eigenvalue weighted by Gasteiger charge is -2.15. The Bertz CT molecular complexity index is 3050. The number of rotatable bonds is 4. The summed E-state index contributed by atoms with van der Waals surface area (Å²) in [6, 6.07) is 65.6. The van der Waals surface area contributed by atoms with Crippen molar-refractivity contribution in [1.29, 1.82) is 0 Å². The largest absolute Gasteiger partial charge is 0.228 e. The summed E-state index contributed by atoms with van der Waals surface area (Å²) in [6.07, 6.45) is 0. The molecule has 0 saturated carbocycles.